The molecule has 232 valence electrons. The zero-order valence-electron chi connectivity index (χ0n) is 24.5. The van der Waals surface area contributed by atoms with Crippen LogP contribution < -0.4 is 0 Å². The van der Waals surface area contributed by atoms with Crippen molar-refractivity contribution in [1.82, 2.24) is 4.90 Å². The number of piperidine rings is 1. The van der Waals surface area contributed by atoms with Crippen LogP contribution >= 0.6 is 0 Å². The van der Waals surface area contributed by atoms with Crippen molar-refractivity contribution in [3.05, 3.63) is 94.5 Å². The number of aliphatic carboxylic acids is 1. The lowest BCUT2D eigenvalue weighted by molar-refractivity contribution is -0.139. The van der Waals surface area contributed by atoms with Gasteiger partial charge in [0.15, 0.2) is 0 Å². The van der Waals surface area contributed by atoms with E-state index >= 15 is 0 Å². The predicted molar refractivity (Wildman–Crippen MR) is 155 cm³/mol. The average Bonchev–Trinajstić information content (AvgIpc) is 2.95. The van der Waals surface area contributed by atoms with Crippen molar-refractivity contribution < 1.29 is 36.2 Å². The molecule has 3 nitrogen and oxygen atoms in total. The third kappa shape index (κ3) is 7.99. The molecule has 3 atom stereocenters. The first-order valence-electron chi connectivity index (χ1n) is 14.6. The summed E-state index contributed by atoms with van der Waals surface area (Å²) in [6, 6.07) is 15.7. The van der Waals surface area contributed by atoms with E-state index in [1.165, 1.54) is 24.3 Å². The van der Waals surface area contributed by atoms with E-state index in [4.69, 9.17) is 0 Å². The van der Waals surface area contributed by atoms with Gasteiger partial charge in [0.25, 0.3) is 0 Å². The predicted octanol–water partition coefficient (Wildman–Crippen LogP) is 9.94. The number of halogens is 6. The Morgan fingerprint density at radius 2 is 1.44 bits per heavy atom. The summed E-state index contributed by atoms with van der Waals surface area (Å²) in [5, 5.41) is 10.1. The van der Waals surface area contributed by atoms with Crippen molar-refractivity contribution in [1.29, 1.82) is 0 Å². The van der Waals surface area contributed by atoms with Crippen LogP contribution in [0.1, 0.15) is 92.1 Å². The minimum absolute atomic E-state index is 0.0129. The maximum atomic E-state index is 13.2. The van der Waals surface area contributed by atoms with Gasteiger partial charge in [-0.1, -0.05) is 63.2 Å². The van der Waals surface area contributed by atoms with Gasteiger partial charge in [-0.15, -0.1) is 0 Å². The Bertz CT molecular complexity index is 1380. The molecule has 3 aromatic carbocycles. The van der Waals surface area contributed by atoms with Crippen molar-refractivity contribution in [2.45, 2.75) is 76.7 Å². The van der Waals surface area contributed by atoms with Crippen LogP contribution in [0.25, 0.3) is 11.1 Å². The van der Waals surface area contributed by atoms with Gasteiger partial charge in [-0.05, 0) is 96.1 Å². The largest absolute Gasteiger partial charge is 0.481 e. The molecule has 0 aromatic heterocycles. The Hall–Kier alpha value is -3.33. The van der Waals surface area contributed by atoms with E-state index < -0.39 is 35.4 Å². The van der Waals surface area contributed by atoms with Crippen molar-refractivity contribution in [2.75, 3.05) is 13.1 Å². The first-order chi connectivity index (χ1) is 20.2. The number of carboxylic acids is 1. The third-order valence-electron chi connectivity index (χ3n) is 8.31. The Morgan fingerprint density at radius 3 is 1.95 bits per heavy atom. The summed E-state index contributed by atoms with van der Waals surface area (Å²) in [7, 11) is 0. The first-order valence-corrected chi connectivity index (χ1v) is 14.6. The summed E-state index contributed by atoms with van der Waals surface area (Å²) in [6.07, 6.45) is -6.09. The molecule has 3 aromatic rings. The number of hydrogen-bond donors (Lipinski definition) is 1. The summed E-state index contributed by atoms with van der Waals surface area (Å²) >= 11 is 0. The van der Waals surface area contributed by atoms with Crippen LogP contribution in [0.4, 0.5) is 26.3 Å². The number of benzene rings is 3. The van der Waals surface area contributed by atoms with Crippen molar-refractivity contribution >= 4 is 5.97 Å². The Kier molecular flexibility index (Phi) is 9.94. The number of alkyl halides is 6. The van der Waals surface area contributed by atoms with Gasteiger partial charge in [0, 0.05) is 12.6 Å². The second-order valence-corrected chi connectivity index (χ2v) is 11.9. The Morgan fingerprint density at radius 1 is 0.860 bits per heavy atom. The fourth-order valence-corrected chi connectivity index (χ4v) is 6.14. The lowest BCUT2D eigenvalue weighted by Crippen LogP contribution is -2.37. The Labute approximate surface area is 248 Å². The van der Waals surface area contributed by atoms with Crippen LogP contribution in [0.2, 0.25) is 0 Å². The lowest BCUT2D eigenvalue weighted by atomic mass is 9.82. The van der Waals surface area contributed by atoms with Gasteiger partial charge in [-0.2, -0.15) is 26.3 Å². The molecule has 9 heteroatoms. The molecular weight excluding hydrogens is 568 g/mol. The summed E-state index contributed by atoms with van der Waals surface area (Å²) < 4.78 is 79.1. The van der Waals surface area contributed by atoms with Gasteiger partial charge in [0.2, 0.25) is 0 Å². The summed E-state index contributed by atoms with van der Waals surface area (Å²) in [5.41, 5.74) is 2.10. The number of likely N-dealkylation sites (tertiary alicyclic amines) is 1. The lowest BCUT2D eigenvalue weighted by Gasteiger charge is -2.39. The van der Waals surface area contributed by atoms with E-state index in [1.807, 2.05) is 32.9 Å². The molecule has 0 amide bonds. The van der Waals surface area contributed by atoms with Crippen molar-refractivity contribution in [2.24, 2.45) is 5.92 Å². The standard InChI is InChI=1S/C34H37F6NO2/c1-4-31(23-9-13-29(14-10-23)34(38,39)40)41-15-5-6-24(20-41)26-17-25(22-7-11-28(12-8-22)33(35,36)37)18-27(19-26)30(32(42)43)16-21(2)3/h7-14,17-19,21,24,30-31H,4-6,15-16,20H2,1-3H3,(H,42,43). The van der Waals surface area contributed by atoms with Gasteiger partial charge in [-0.3, -0.25) is 9.69 Å². The molecule has 0 spiro atoms. The minimum atomic E-state index is -4.47. The van der Waals surface area contributed by atoms with Gasteiger partial charge >= 0.3 is 18.3 Å². The van der Waals surface area contributed by atoms with Gasteiger partial charge < -0.3 is 5.11 Å². The molecule has 1 aliphatic heterocycles. The van der Waals surface area contributed by atoms with Crippen LogP contribution in [0, 0.1) is 5.92 Å². The van der Waals surface area contributed by atoms with E-state index in [2.05, 4.69) is 4.90 Å². The number of carbonyl (C=O) groups is 1. The number of nitrogens with zero attached hydrogens (tertiary/aromatic N) is 1. The minimum Gasteiger partial charge on any atom is -0.481 e. The van der Waals surface area contributed by atoms with Gasteiger partial charge in [0.05, 0.1) is 17.0 Å². The highest BCUT2D eigenvalue weighted by Crippen LogP contribution is 2.39. The number of rotatable bonds is 9. The van der Waals surface area contributed by atoms with E-state index in [-0.39, 0.29) is 17.9 Å². The highest BCUT2D eigenvalue weighted by atomic mass is 19.4. The van der Waals surface area contributed by atoms with Gasteiger partial charge in [0.1, 0.15) is 0 Å². The van der Waals surface area contributed by atoms with Gasteiger partial charge in [-0.25, -0.2) is 0 Å². The molecule has 43 heavy (non-hydrogen) atoms. The van der Waals surface area contributed by atoms with Crippen LogP contribution in [0.15, 0.2) is 66.7 Å². The van der Waals surface area contributed by atoms with E-state index in [0.29, 0.717) is 36.1 Å². The van der Waals surface area contributed by atoms with Crippen LogP contribution in [-0.2, 0) is 17.1 Å². The molecule has 1 fully saturated rings. The van der Waals surface area contributed by atoms with E-state index in [0.717, 1.165) is 54.8 Å². The van der Waals surface area contributed by atoms with E-state index in [1.54, 1.807) is 6.07 Å². The van der Waals surface area contributed by atoms with Crippen molar-refractivity contribution in [3.63, 3.8) is 0 Å². The zero-order chi connectivity index (χ0) is 31.5. The molecule has 3 unspecified atom stereocenters. The van der Waals surface area contributed by atoms with Crippen LogP contribution in [-0.4, -0.2) is 29.1 Å². The molecule has 1 aliphatic rings. The third-order valence-corrected chi connectivity index (χ3v) is 8.31. The average molecular weight is 606 g/mol. The first kappa shape index (κ1) is 32.6. The quantitative estimate of drug-likeness (QED) is 0.247. The maximum absolute atomic E-state index is 13.2. The topological polar surface area (TPSA) is 40.5 Å². The van der Waals surface area contributed by atoms with E-state index in [9.17, 15) is 36.2 Å². The molecule has 4 rings (SSSR count). The normalized spacial score (nSPS) is 18.0. The highest BCUT2D eigenvalue weighted by molar-refractivity contribution is 5.78. The number of carboxylic acid groups (broad SMARTS) is 1. The number of hydrogen-bond acceptors (Lipinski definition) is 2. The Balaban J connectivity index is 1.70. The molecular formula is C34H37F6NO2. The second-order valence-electron chi connectivity index (χ2n) is 11.9. The maximum Gasteiger partial charge on any atom is 0.416 e. The smallest absolute Gasteiger partial charge is 0.416 e. The fraction of sp³-hybridized carbons (Fsp3) is 0.441. The summed E-state index contributed by atoms with van der Waals surface area (Å²) in [4.78, 5) is 14.6. The van der Waals surface area contributed by atoms with Crippen LogP contribution in [0.3, 0.4) is 0 Å². The fourth-order valence-electron chi connectivity index (χ4n) is 6.14. The van der Waals surface area contributed by atoms with Crippen LogP contribution in [0.5, 0.6) is 0 Å². The zero-order valence-corrected chi connectivity index (χ0v) is 24.5. The molecule has 0 bridgehead atoms. The molecule has 1 saturated heterocycles. The molecule has 0 saturated carbocycles. The molecule has 0 aliphatic carbocycles. The monoisotopic (exact) mass is 605 g/mol. The SMILES string of the molecule is CCC(c1ccc(C(F)(F)F)cc1)N1CCCC(c2cc(-c3ccc(C(F)(F)F)cc3)cc(C(CC(C)C)C(=O)O)c2)C1. The van der Waals surface area contributed by atoms with Crippen molar-refractivity contribution in [3.8, 4) is 11.1 Å². The molecule has 0 radical (unpaired) electrons. The summed E-state index contributed by atoms with van der Waals surface area (Å²) in [5.74, 6) is -1.61. The second kappa shape index (κ2) is 13.1. The summed E-state index contributed by atoms with van der Waals surface area (Å²) in [6.45, 7) is 7.28. The highest BCUT2D eigenvalue weighted by Gasteiger charge is 2.33. The molecule has 1 heterocycles. The molecule has 1 N–H and O–H groups in total.